The number of carboxylic acids is 1. The second-order valence-electron chi connectivity index (χ2n) is 7.61. The average molecular weight is 369 g/mol. The van der Waals surface area contributed by atoms with Gasteiger partial charge in [-0.2, -0.15) is 13.2 Å². The van der Waals surface area contributed by atoms with E-state index in [2.05, 4.69) is 13.8 Å². The van der Waals surface area contributed by atoms with E-state index in [1.165, 1.54) is 5.56 Å². The molecule has 4 nitrogen and oxygen atoms in total. The van der Waals surface area contributed by atoms with Crippen LogP contribution in [0.1, 0.15) is 43.2 Å². The van der Waals surface area contributed by atoms with E-state index in [-0.39, 0.29) is 24.3 Å². The molecule has 142 valence electrons. The van der Waals surface area contributed by atoms with Gasteiger partial charge in [0.1, 0.15) is 0 Å². The number of nitrogens with zero attached hydrogens (tertiary/aromatic N) is 1. The molecule has 3 rings (SSSR count). The van der Waals surface area contributed by atoms with Gasteiger partial charge >= 0.3 is 12.1 Å². The lowest BCUT2D eigenvalue weighted by atomic mass is 9.96. The van der Waals surface area contributed by atoms with Gasteiger partial charge < -0.3 is 10.0 Å². The van der Waals surface area contributed by atoms with Gasteiger partial charge in [0.2, 0.25) is 5.91 Å². The molecule has 1 N–H and O–H groups in total. The summed E-state index contributed by atoms with van der Waals surface area (Å²) >= 11 is 0. The normalized spacial score (nSPS) is 28.5. The van der Waals surface area contributed by atoms with Crippen molar-refractivity contribution >= 4 is 11.9 Å². The minimum atomic E-state index is -4.62. The summed E-state index contributed by atoms with van der Waals surface area (Å²) in [5.74, 6) is -5.37. The molecule has 0 spiro atoms. The molecule has 0 radical (unpaired) electrons. The molecule has 0 aromatic heterocycles. The van der Waals surface area contributed by atoms with E-state index < -0.39 is 30.5 Å². The summed E-state index contributed by atoms with van der Waals surface area (Å²) in [5.41, 5.74) is 2.20. The summed E-state index contributed by atoms with van der Waals surface area (Å²) in [7, 11) is 0. The Morgan fingerprint density at radius 1 is 1.12 bits per heavy atom. The minimum absolute atomic E-state index is 0.0110. The number of hydrogen-bond donors (Lipinski definition) is 1. The molecule has 1 saturated carbocycles. The minimum Gasteiger partial charge on any atom is -0.481 e. The number of alkyl halides is 3. The zero-order chi connectivity index (χ0) is 19.2. The van der Waals surface area contributed by atoms with Gasteiger partial charge in [0.05, 0.1) is 11.8 Å². The fraction of sp³-hybridized carbons (Fsp3) is 0.579. The van der Waals surface area contributed by atoms with Crippen molar-refractivity contribution in [2.75, 3.05) is 13.1 Å². The number of benzene rings is 1. The number of rotatable bonds is 4. The van der Waals surface area contributed by atoms with Gasteiger partial charge in [0, 0.05) is 19.0 Å². The monoisotopic (exact) mass is 369 g/mol. The van der Waals surface area contributed by atoms with Crippen LogP contribution in [0.4, 0.5) is 13.2 Å². The van der Waals surface area contributed by atoms with Gasteiger partial charge in [0.25, 0.3) is 0 Å². The van der Waals surface area contributed by atoms with Gasteiger partial charge in [-0.05, 0) is 29.4 Å². The Morgan fingerprint density at radius 3 is 2.19 bits per heavy atom. The molecule has 26 heavy (non-hydrogen) atoms. The molecule has 1 aromatic rings. The Hall–Kier alpha value is -2.05. The topological polar surface area (TPSA) is 57.6 Å². The molecule has 1 aliphatic carbocycles. The molecule has 7 heteroatoms. The SMILES string of the molecule is CC(C)c1ccc(C2CC2C(=O)N2C[C@@H](C(F)(F)F)[C@H](C(=O)O)C2)cc1. The van der Waals surface area contributed by atoms with E-state index in [9.17, 15) is 22.8 Å². The smallest absolute Gasteiger partial charge is 0.394 e. The van der Waals surface area contributed by atoms with Crippen LogP contribution in [0.3, 0.4) is 0 Å². The third-order valence-electron chi connectivity index (χ3n) is 5.51. The number of carboxylic acid groups (broad SMARTS) is 1. The van der Waals surface area contributed by atoms with Crippen LogP contribution < -0.4 is 0 Å². The van der Waals surface area contributed by atoms with Crippen LogP contribution in [0.5, 0.6) is 0 Å². The van der Waals surface area contributed by atoms with Crippen LogP contribution >= 0.6 is 0 Å². The predicted molar refractivity (Wildman–Crippen MR) is 88.6 cm³/mol. The zero-order valence-electron chi connectivity index (χ0n) is 14.7. The van der Waals surface area contributed by atoms with Crippen molar-refractivity contribution in [2.45, 2.75) is 38.3 Å². The van der Waals surface area contributed by atoms with Crippen molar-refractivity contribution < 1.29 is 27.9 Å². The Balaban J connectivity index is 1.67. The maximum Gasteiger partial charge on any atom is 0.394 e. The molecule has 4 atom stereocenters. The van der Waals surface area contributed by atoms with Crippen molar-refractivity contribution in [3.8, 4) is 0 Å². The second-order valence-corrected chi connectivity index (χ2v) is 7.61. The van der Waals surface area contributed by atoms with Crippen molar-refractivity contribution in [2.24, 2.45) is 17.8 Å². The van der Waals surface area contributed by atoms with Crippen molar-refractivity contribution in [1.29, 1.82) is 0 Å². The van der Waals surface area contributed by atoms with Gasteiger partial charge in [-0.15, -0.1) is 0 Å². The average Bonchev–Trinajstić information content (AvgIpc) is 3.21. The lowest BCUT2D eigenvalue weighted by Crippen LogP contribution is -2.34. The summed E-state index contributed by atoms with van der Waals surface area (Å²) in [6.45, 7) is 3.24. The van der Waals surface area contributed by atoms with Crippen molar-refractivity contribution in [1.82, 2.24) is 4.90 Å². The first-order chi connectivity index (χ1) is 12.1. The molecular weight excluding hydrogens is 347 g/mol. The van der Waals surface area contributed by atoms with E-state index in [0.717, 1.165) is 10.5 Å². The Bertz CT molecular complexity index is 699. The molecule has 1 amide bonds. The Kier molecular flexibility index (Phi) is 4.75. The van der Waals surface area contributed by atoms with E-state index in [0.29, 0.717) is 12.3 Å². The van der Waals surface area contributed by atoms with E-state index in [1.807, 2.05) is 24.3 Å². The van der Waals surface area contributed by atoms with Crippen LogP contribution in [-0.2, 0) is 9.59 Å². The van der Waals surface area contributed by atoms with E-state index in [1.54, 1.807) is 0 Å². The van der Waals surface area contributed by atoms with Crippen LogP contribution in [0, 0.1) is 17.8 Å². The van der Waals surface area contributed by atoms with Gasteiger partial charge in [-0.1, -0.05) is 38.1 Å². The molecule has 1 aliphatic heterocycles. The van der Waals surface area contributed by atoms with E-state index >= 15 is 0 Å². The summed E-state index contributed by atoms with van der Waals surface area (Å²) in [4.78, 5) is 24.8. The Morgan fingerprint density at radius 2 is 1.73 bits per heavy atom. The molecule has 2 fully saturated rings. The quantitative estimate of drug-likeness (QED) is 0.882. The molecule has 1 heterocycles. The van der Waals surface area contributed by atoms with Crippen LogP contribution in [0.15, 0.2) is 24.3 Å². The summed E-state index contributed by atoms with van der Waals surface area (Å²) in [6, 6.07) is 7.96. The van der Waals surface area contributed by atoms with Gasteiger partial charge in [0.15, 0.2) is 0 Å². The Labute approximate surface area is 150 Å². The van der Waals surface area contributed by atoms with Gasteiger partial charge in [-0.25, -0.2) is 0 Å². The first-order valence-corrected chi connectivity index (χ1v) is 8.77. The molecule has 1 saturated heterocycles. The van der Waals surface area contributed by atoms with Crippen LogP contribution in [0.2, 0.25) is 0 Å². The molecular formula is C19H22F3NO3. The number of hydrogen-bond acceptors (Lipinski definition) is 2. The van der Waals surface area contributed by atoms with E-state index in [4.69, 9.17) is 5.11 Å². The largest absolute Gasteiger partial charge is 0.481 e. The summed E-state index contributed by atoms with van der Waals surface area (Å²) in [5, 5.41) is 9.06. The standard InChI is InChI=1S/C19H22F3NO3/c1-10(2)11-3-5-12(6-4-11)13-7-14(13)17(24)23-8-15(18(25)26)16(9-23)19(20,21)22/h3-6,10,13-16H,7-9H2,1-2H3,(H,25,26)/t13?,14?,15-,16-/m1/s1. The first kappa shape index (κ1) is 18.7. The highest BCUT2D eigenvalue weighted by molar-refractivity contribution is 5.84. The van der Waals surface area contributed by atoms with Crippen molar-refractivity contribution in [3.05, 3.63) is 35.4 Å². The fourth-order valence-corrected chi connectivity index (χ4v) is 3.76. The van der Waals surface area contributed by atoms with Crippen LogP contribution in [0.25, 0.3) is 0 Å². The third-order valence-corrected chi connectivity index (χ3v) is 5.51. The van der Waals surface area contributed by atoms with Crippen LogP contribution in [-0.4, -0.2) is 41.1 Å². The fourth-order valence-electron chi connectivity index (χ4n) is 3.76. The maximum absolute atomic E-state index is 13.1. The number of carbonyl (C=O) groups is 2. The second kappa shape index (κ2) is 6.59. The zero-order valence-corrected chi connectivity index (χ0v) is 14.7. The highest BCUT2D eigenvalue weighted by Crippen LogP contribution is 2.50. The molecule has 0 bridgehead atoms. The lowest BCUT2D eigenvalue weighted by Gasteiger charge is -2.18. The lowest BCUT2D eigenvalue weighted by molar-refractivity contribution is -0.188. The number of aliphatic carboxylic acids is 1. The number of halogens is 3. The number of amides is 1. The molecule has 2 unspecified atom stereocenters. The van der Waals surface area contributed by atoms with Crippen molar-refractivity contribution in [3.63, 3.8) is 0 Å². The third kappa shape index (κ3) is 3.57. The summed E-state index contributed by atoms with van der Waals surface area (Å²) in [6.07, 6.45) is -4.02. The number of likely N-dealkylation sites (tertiary alicyclic amines) is 1. The van der Waals surface area contributed by atoms with Gasteiger partial charge in [-0.3, -0.25) is 9.59 Å². The highest BCUT2D eigenvalue weighted by Gasteiger charge is 2.56. The molecule has 1 aromatic carbocycles. The maximum atomic E-state index is 13.1. The molecule has 2 aliphatic rings. The number of carbonyl (C=O) groups excluding carboxylic acids is 1. The highest BCUT2D eigenvalue weighted by atomic mass is 19.4. The first-order valence-electron chi connectivity index (χ1n) is 8.77. The predicted octanol–water partition coefficient (Wildman–Crippen LogP) is 3.64. The summed E-state index contributed by atoms with van der Waals surface area (Å²) < 4.78 is 39.2.